The second-order valence-corrected chi connectivity index (χ2v) is 21.1. The molecule has 86 heavy (non-hydrogen) atoms. The molecule has 5 heterocycles. The SMILES string of the molecule is c1ccc(-c2nc(-c3ccccc3-n3c4ccccc4c4cc(-c5nc(-c6ccccc6)nc(-c6ccccc6)n5)ccc43)cc(-c3ccccc3-n3c4ccccc4c4cc(-c5nc(-c6ccccc6)nc(-c6ccccc6)n5)ccc43)n2)cc1. The maximum atomic E-state index is 5.46. The smallest absolute Gasteiger partial charge is 0.164 e. The summed E-state index contributed by atoms with van der Waals surface area (Å²) in [4.78, 5) is 41.3. The lowest BCUT2D eigenvalue weighted by atomic mass is 10.0. The average Bonchev–Trinajstić information content (AvgIpc) is 2.29. The maximum Gasteiger partial charge on any atom is 0.164 e. The van der Waals surface area contributed by atoms with Crippen LogP contribution in [0, 0.1) is 0 Å². The summed E-state index contributed by atoms with van der Waals surface area (Å²) in [6.45, 7) is 0. The summed E-state index contributed by atoms with van der Waals surface area (Å²) in [5.74, 6) is 4.27. The first-order valence-corrected chi connectivity index (χ1v) is 28.6. The van der Waals surface area contributed by atoms with E-state index in [-0.39, 0.29) is 0 Å². The highest BCUT2D eigenvalue weighted by Gasteiger charge is 2.23. The lowest BCUT2D eigenvalue weighted by molar-refractivity contribution is 1.07. The summed E-state index contributed by atoms with van der Waals surface area (Å²) in [5, 5.41) is 4.34. The Labute approximate surface area is 494 Å². The van der Waals surface area contributed by atoms with Crippen molar-refractivity contribution in [2.45, 2.75) is 0 Å². The molecular weight excluding hydrogens is 1050 g/mol. The van der Waals surface area contributed by atoms with Crippen LogP contribution in [0.4, 0.5) is 0 Å². The van der Waals surface area contributed by atoms with Gasteiger partial charge in [0.2, 0.25) is 0 Å². The van der Waals surface area contributed by atoms with Gasteiger partial charge in [-0.3, -0.25) is 0 Å². The van der Waals surface area contributed by atoms with Crippen LogP contribution in [0.15, 0.2) is 291 Å². The zero-order valence-electron chi connectivity index (χ0n) is 46.2. The number of hydrogen-bond acceptors (Lipinski definition) is 8. The van der Waals surface area contributed by atoms with Crippen LogP contribution >= 0.6 is 0 Å². The van der Waals surface area contributed by atoms with Crippen molar-refractivity contribution in [3.8, 4) is 114 Å². The number of nitrogens with zero attached hydrogens (tertiary/aromatic N) is 10. The fourth-order valence-electron chi connectivity index (χ4n) is 11.8. The molecule has 10 heteroatoms. The van der Waals surface area contributed by atoms with Crippen molar-refractivity contribution in [2.24, 2.45) is 0 Å². The summed E-state index contributed by atoms with van der Waals surface area (Å²) >= 11 is 0. The van der Waals surface area contributed by atoms with Gasteiger partial charge in [-0.2, -0.15) is 0 Å². The lowest BCUT2D eigenvalue weighted by Crippen LogP contribution is -2.02. The van der Waals surface area contributed by atoms with Gasteiger partial charge >= 0.3 is 0 Å². The minimum absolute atomic E-state index is 0.597. The van der Waals surface area contributed by atoms with Crippen LogP contribution in [0.5, 0.6) is 0 Å². The summed E-state index contributed by atoms with van der Waals surface area (Å²) in [6, 6.07) is 100. The van der Waals surface area contributed by atoms with Crippen molar-refractivity contribution in [1.29, 1.82) is 0 Å². The molecule has 0 saturated heterocycles. The van der Waals surface area contributed by atoms with Gasteiger partial charge in [-0.15, -0.1) is 0 Å². The van der Waals surface area contributed by atoms with E-state index >= 15 is 0 Å². The van der Waals surface area contributed by atoms with E-state index in [0.29, 0.717) is 40.8 Å². The topological polar surface area (TPSA) is 113 Å². The number of benzene rings is 11. The molecule has 0 saturated carbocycles. The zero-order valence-corrected chi connectivity index (χ0v) is 46.2. The van der Waals surface area contributed by atoms with E-state index in [1.807, 2.05) is 140 Å². The Hall–Kier alpha value is -11.9. The maximum absolute atomic E-state index is 5.46. The molecule has 0 atom stereocenters. The fraction of sp³-hybridized carbons (Fsp3) is 0. The van der Waals surface area contributed by atoms with Crippen molar-refractivity contribution in [3.63, 3.8) is 0 Å². The molecule has 11 aromatic carbocycles. The first-order valence-electron chi connectivity index (χ1n) is 28.6. The number of aromatic nitrogens is 10. The van der Waals surface area contributed by atoms with Gasteiger partial charge in [0, 0.05) is 71.6 Å². The summed E-state index contributed by atoms with van der Waals surface area (Å²) in [6.07, 6.45) is 0. The lowest BCUT2D eigenvalue weighted by Gasteiger charge is -2.17. The molecule has 5 aromatic heterocycles. The Morgan fingerprint density at radius 3 is 0.802 bits per heavy atom. The van der Waals surface area contributed by atoms with E-state index in [1.165, 1.54) is 0 Å². The third kappa shape index (κ3) is 8.93. The normalized spacial score (nSPS) is 11.5. The standard InChI is InChI=1S/C76H48N10/c1-6-24-49(25-7-1)70-77-62(58-36-18-22-40-66(58)85-64-38-20-16-34-56(64)60-46-54(42-44-68(60)85)75-81-71(50-26-8-2-9-27-50)79-72(82-75)51-28-10-3-11-29-51)48-63(78-70)59-37-19-23-41-67(59)86-65-39-21-17-35-57(65)61-47-55(43-45-69(61)86)76-83-73(52-30-12-4-13-31-52)80-74(84-76)53-32-14-5-15-33-53/h1-48H. The number of fused-ring (bicyclic) bond motifs is 6. The number of hydrogen-bond donors (Lipinski definition) is 0. The zero-order chi connectivity index (χ0) is 56.9. The summed E-state index contributed by atoms with van der Waals surface area (Å²) in [5.41, 5.74) is 15.9. The van der Waals surface area contributed by atoms with Gasteiger partial charge in [0.25, 0.3) is 0 Å². The highest BCUT2D eigenvalue weighted by molar-refractivity contribution is 6.12. The van der Waals surface area contributed by atoms with E-state index in [2.05, 4.69) is 161 Å². The van der Waals surface area contributed by atoms with Crippen molar-refractivity contribution in [1.82, 2.24) is 49.0 Å². The van der Waals surface area contributed by atoms with Crippen molar-refractivity contribution in [3.05, 3.63) is 291 Å². The molecule has 0 bridgehead atoms. The molecule has 0 aliphatic carbocycles. The molecule has 0 aliphatic rings. The highest BCUT2D eigenvalue weighted by atomic mass is 15.1. The second-order valence-electron chi connectivity index (χ2n) is 21.1. The largest absolute Gasteiger partial charge is 0.309 e. The van der Waals surface area contributed by atoms with Crippen LogP contribution in [-0.2, 0) is 0 Å². The third-order valence-electron chi connectivity index (χ3n) is 15.9. The minimum Gasteiger partial charge on any atom is -0.309 e. The van der Waals surface area contributed by atoms with Gasteiger partial charge in [0.1, 0.15) is 0 Å². The van der Waals surface area contributed by atoms with Gasteiger partial charge in [-0.05, 0) is 66.7 Å². The fourth-order valence-corrected chi connectivity index (χ4v) is 11.8. The molecule has 0 spiro atoms. The Bertz CT molecular complexity index is 4800. The van der Waals surface area contributed by atoms with Gasteiger partial charge in [0.05, 0.1) is 44.8 Å². The Morgan fingerprint density at radius 1 is 0.186 bits per heavy atom. The van der Waals surface area contributed by atoms with Crippen molar-refractivity contribution < 1.29 is 0 Å². The van der Waals surface area contributed by atoms with Crippen LogP contribution in [0.25, 0.3) is 157 Å². The molecule has 0 fully saturated rings. The average molecular weight is 1100 g/mol. The minimum atomic E-state index is 0.597. The molecule has 16 aromatic rings. The molecule has 0 unspecified atom stereocenters. The van der Waals surface area contributed by atoms with E-state index in [4.69, 9.17) is 39.9 Å². The highest BCUT2D eigenvalue weighted by Crippen LogP contribution is 2.42. The summed E-state index contributed by atoms with van der Waals surface area (Å²) in [7, 11) is 0. The predicted molar refractivity (Wildman–Crippen MR) is 346 cm³/mol. The molecule has 16 rings (SSSR count). The quantitative estimate of drug-likeness (QED) is 0.126. The van der Waals surface area contributed by atoms with Gasteiger partial charge in [0.15, 0.2) is 40.8 Å². The third-order valence-corrected chi connectivity index (χ3v) is 15.9. The van der Waals surface area contributed by atoms with Crippen molar-refractivity contribution >= 4 is 43.6 Å². The molecule has 0 amide bonds. The summed E-state index contributed by atoms with van der Waals surface area (Å²) < 4.78 is 4.71. The molecular formula is C76H48N10. The van der Waals surface area contributed by atoms with E-state index in [0.717, 1.165) is 116 Å². The van der Waals surface area contributed by atoms with Crippen LogP contribution in [0.3, 0.4) is 0 Å². The number of rotatable bonds is 11. The Morgan fingerprint density at radius 2 is 0.453 bits per heavy atom. The predicted octanol–water partition coefficient (Wildman–Crippen LogP) is 18.0. The van der Waals surface area contributed by atoms with Crippen molar-refractivity contribution in [2.75, 3.05) is 0 Å². The first kappa shape index (κ1) is 49.9. The van der Waals surface area contributed by atoms with Gasteiger partial charge < -0.3 is 9.13 Å². The number of para-hydroxylation sites is 4. The Kier molecular flexibility index (Phi) is 12.3. The van der Waals surface area contributed by atoms with Crippen LogP contribution < -0.4 is 0 Å². The van der Waals surface area contributed by atoms with Crippen LogP contribution in [0.1, 0.15) is 0 Å². The molecule has 402 valence electrons. The first-order chi connectivity index (χ1) is 42.6. The van der Waals surface area contributed by atoms with Gasteiger partial charge in [-0.25, -0.2) is 39.9 Å². The van der Waals surface area contributed by atoms with E-state index in [9.17, 15) is 0 Å². The van der Waals surface area contributed by atoms with Crippen LogP contribution in [-0.4, -0.2) is 49.0 Å². The molecule has 0 N–H and O–H groups in total. The molecule has 0 aliphatic heterocycles. The van der Waals surface area contributed by atoms with E-state index in [1.54, 1.807) is 0 Å². The molecule has 10 nitrogen and oxygen atoms in total. The second kappa shape index (κ2) is 21.1. The Balaban J connectivity index is 0.845. The van der Waals surface area contributed by atoms with Gasteiger partial charge in [-0.1, -0.05) is 224 Å². The van der Waals surface area contributed by atoms with E-state index < -0.39 is 0 Å². The van der Waals surface area contributed by atoms with Crippen LogP contribution in [0.2, 0.25) is 0 Å². The monoisotopic (exact) mass is 1100 g/mol. The molecule has 0 radical (unpaired) electrons.